The fourth-order valence-corrected chi connectivity index (χ4v) is 1.24. The van der Waals surface area contributed by atoms with Gasteiger partial charge in [0.15, 0.2) is 5.82 Å². The topological polar surface area (TPSA) is 122 Å². The van der Waals surface area contributed by atoms with E-state index < -0.39 is 24.4 Å². The highest BCUT2D eigenvalue weighted by atomic mass is 35.5. The summed E-state index contributed by atoms with van der Waals surface area (Å²) in [5.74, 6) is -2.59. The van der Waals surface area contributed by atoms with Crippen molar-refractivity contribution < 1.29 is 24.5 Å². The molecular formula is C9H10ClN3O5. The number of carbonyl (C=O) groups is 2. The predicted octanol–water partition coefficient (Wildman–Crippen LogP) is 0.478. The minimum atomic E-state index is -1.35. The van der Waals surface area contributed by atoms with Crippen LogP contribution >= 0.6 is 11.6 Å². The summed E-state index contributed by atoms with van der Waals surface area (Å²) in [6.07, 6.45) is 0.605. The minimum absolute atomic E-state index is 0.00262. The van der Waals surface area contributed by atoms with Gasteiger partial charge in [0.25, 0.3) is 0 Å². The number of hydrogen-bond acceptors (Lipinski definition) is 6. The van der Waals surface area contributed by atoms with Gasteiger partial charge in [-0.2, -0.15) is 4.98 Å². The maximum Gasteiger partial charge on any atom is 0.326 e. The Hall–Kier alpha value is -2.09. The Morgan fingerprint density at radius 3 is 2.72 bits per heavy atom. The van der Waals surface area contributed by atoms with Crippen LogP contribution < -0.4 is 10.1 Å². The molecule has 98 valence electrons. The van der Waals surface area contributed by atoms with Crippen molar-refractivity contribution in [3.05, 3.63) is 11.2 Å². The first-order valence-electron chi connectivity index (χ1n) is 4.71. The van der Waals surface area contributed by atoms with E-state index in [0.717, 1.165) is 0 Å². The molecule has 1 atom stereocenters. The zero-order chi connectivity index (χ0) is 13.7. The Bertz CT molecular complexity index is 468. The van der Waals surface area contributed by atoms with Crippen LogP contribution in [-0.4, -0.2) is 45.3 Å². The van der Waals surface area contributed by atoms with Gasteiger partial charge in [0.2, 0.25) is 0 Å². The van der Waals surface area contributed by atoms with Crippen LogP contribution in [0.25, 0.3) is 0 Å². The largest absolute Gasteiger partial charge is 0.481 e. The molecule has 0 bridgehead atoms. The summed E-state index contributed by atoms with van der Waals surface area (Å²) in [5.41, 5.74) is 0. The van der Waals surface area contributed by atoms with E-state index in [2.05, 4.69) is 15.3 Å². The van der Waals surface area contributed by atoms with Gasteiger partial charge in [-0.05, 0) is 0 Å². The van der Waals surface area contributed by atoms with Crippen LogP contribution in [0, 0.1) is 0 Å². The second kappa shape index (κ2) is 6.01. The summed E-state index contributed by atoms with van der Waals surface area (Å²) in [4.78, 5) is 28.9. The first-order valence-corrected chi connectivity index (χ1v) is 5.09. The van der Waals surface area contributed by atoms with Gasteiger partial charge in [0.1, 0.15) is 11.1 Å². The van der Waals surface area contributed by atoms with E-state index in [-0.39, 0.29) is 16.9 Å². The number of methoxy groups -OCH3 is 1. The molecule has 0 saturated heterocycles. The predicted molar refractivity (Wildman–Crippen MR) is 60.9 cm³/mol. The first-order chi connectivity index (χ1) is 8.43. The SMILES string of the molecule is COc1ncc(Cl)c(NC(CC(=O)O)C(=O)O)n1. The average molecular weight is 276 g/mol. The van der Waals surface area contributed by atoms with E-state index in [4.69, 9.17) is 26.6 Å². The number of nitrogens with one attached hydrogen (secondary N) is 1. The number of nitrogens with zero attached hydrogens (tertiary/aromatic N) is 2. The monoisotopic (exact) mass is 275 g/mol. The Kier molecular flexibility index (Phi) is 4.67. The lowest BCUT2D eigenvalue weighted by atomic mass is 10.2. The quantitative estimate of drug-likeness (QED) is 0.685. The van der Waals surface area contributed by atoms with E-state index in [9.17, 15) is 9.59 Å². The number of aromatic nitrogens is 2. The van der Waals surface area contributed by atoms with Crippen LogP contribution in [0.5, 0.6) is 6.01 Å². The minimum Gasteiger partial charge on any atom is -0.481 e. The smallest absolute Gasteiger partial charge is 0.326 e. The number of anilines is 1. The second-order valence-electron chi connectivity index (χ2n) is 3.19. The van der Waals surface area contributed by atoms with Crippen molar-refractivity contribution in [3.63, 3.8) is 0 Å². The van der Waals surface area contributed by atoms with E-state index in [1.807, 2.05) is 0 Å². The van der Waals surface area contributed by atoms with Crippen molar-refractivity contribution in [2.24, 2.45) is 0 Å². The molecule has 1 heterocycles. The van der Waals surface area contributed by atoms with Crippen LogP contribution in [0.2, 0.25) is 5.02 Å². The highest BCUT2D eigenvalue weighted by Crippen LogP contribution is 2.21. The van der Waals surface area contributed by atoms with Gasteiger partial charge in [0.05, 0.1) is 19.7 Å². The number of hydrogen-bond donors (Lipinski definition) is 3. The fourth-order valence-electron chi connectivity index (χ4n) is 1.09. The molecule has 0 aliphatic rings. The van der Waals surface area contributed by atoms with E-state index in [0.29, 0.717) is 0 Å². The lowest BCUT2D eigenvalue weighted by Gasteiger charge is -2.14. The molecule has 0 spiro atoms. The molecule has 0 aromatic carbocycles. The molecule has 1 aromatic heterocycles. The standard InChI is InChI=1S/C9H10ClN3O5/c1-18-9-11-3-4(10)7(13-9)12-5(8(16)17)2-6(14)15/h3,5H,2H2,1H3,(H,14,15)(H,16,17)(H,11,12,13). The lowest BCUT2D eigenvalue weighted by molar-refractivity contribution is -0.144. The summed E-state index contributed by atoms with van der Waals surface area (Å²) < 4.78 is 4.75. The third kappa shape index (κ3) is 3.74. The van der Waals surface area contributed by atoms with Crippen molar-refractivity contribution in [1.29, 1.82) is 0 Å². The third-order valence-electron chi connectivity index (χ3n) is 1.89. The number of rotatable bonds is 6. The number of carboxylic acids is 2. The van der Waals surface area contributed by atoms with Crippen molar-refractivity contribution in [2.75, 3.05) is 12.4 Å². The molecule has 0 aliphatic carbocycles. The van der Waals surface area contributed by atoms with Crippen molar-refractivity contribution in [1.82, 2.24) is 9.97 Å². The van der Waals surface area contributed by atoms with E-state index in [1.54, 1.807) is 0 Å². The van der Waals surface area contributed by atoms with Crippen molar-refractivity contribution >= 4 is 29.4 Å². The van der Waals surface area contributed by atoms with E-state index >= 15 is 0 Å². The number of carboxylic acid groups (broad SMARTS) is 2. The number of halogens is 1. The van der Waals surface area contributed by atoms with Gasteiger partial charge in [-0.1, -0.05) is 11.6 Å². The van der Waals surface area contributed by atoms with Gasteiger partial charge >= 0.3 is 17.9 Å². The molecule has 1 rings (SSSR count). The molecule has 18 heavy (non-hydrogen) atoms. The summed E-state index contributed by atoms with van der Waals surface area (Å²) in [6.45, 7) is 0. The van der Waals surface area contributed by atoms with Gasteiger partial charge in [-0.15, -0.1) is 0 Å². The molecular weight excluding hydrogens is 266 g/mol. The molecule has 1 unspecified atom stereocenters. The molecule has 0 fully saturated rings. The molecule has 8 nitrogen and oxygen atoms in total. The second-order valence-corrected chi connectivity index (χ2v) is 3.59. The van der Waals surface area contributed by atoms with Gasteiger partial charge in [-0.3, -0.25) is 4.79 Å². The van der Waals surface area contributed by atoms with Crippen LogP contribution in [0.4, 0.5) is 5.82 Å². The van der Waals surface area contributed by atoms with Crippen LogP contribution in [0.3, 0.4) is 0 Å². The number of aliphatic carboxylic acids is 2. The first kappa shape index (κ1) is 14.0. The molecule has 9 heteroatoms. The Morgan fingerprint density at radius 2 is 2.22 bits per heavy atom. The van der Waals surface area contributed by atoms with Gasteiger partial charge in [0, 0.05) is 0 Å². The molecule has 1 aromatic rings. The van der Waals surface area contributed by atoms with Crippen LogP contribution in [-0.2, 0) is 9.59 Å². The maximum atomic E-state index is 10.9. The molecule has 0 aliphatic heterocycles. The van der Waals surface area contributed by atoms with Gasteiger partial charge in [-0.25, -0.2) is 9.78 Å². The van der Waals surface area contributed by atoms with Gasteiger partial charge < -0.3 is 20.3 Å². The summed E-state index contributed by atoms with van der Waals surface area (Å²) in [7, 11) is 1.33. The zero-order valence-electron chi connectivity index (χ0n) is 9.25. The molecule has 0 saturated carbocycles. The van der Waals surface area contributed by atoms with Crippen molar-refractivity contribution in [2.45, 2.75) is 12.5 Å². The van der Waals surface area contributed by atoms with Crippen molar-refractivity contribution in [3.8, 4) is 6.01 Å². The Labute approximate surface area is 107 Å². The molecule has 0 radical (unpaired) electrons. The fraction of sp³-hybridized carbons (Fsp3) is 0.333. The summed E-state index contributed by atoms with van der Waals surface area (Å²) >= 11 is 5.76. The molecule has 0 amide bonds. The normalized spacial score (nSPS) is 11.7. The Morgan fingerprint density at radius 1 is 1.56 bits per heavy atom. The zero-order valence-corrected chi connectivity index (χ0v) is 10.0. The summed E-state index contributed by atoms with van der Waals surface area (Å²) in [6, 6.07) is -1.36. The Balaban J connectivity index is 2.92. The maximum absolute atomic E-state index is 10.9. The van der Waals surface area contributed by atoms with Crippen LogP contribution in [0.15, 0.2) is 6.20 Å². The summed E-state index contributed by atoms with van der Waals surface area (Å²) in [5, 5.41) is 19.9. The average Bonchev–Trinajstić information content (AvgIpc) is 2.30. The highest BCUT2D eigenvalue weighted by Gasteiger charge is 2.22. The van der Waals surface area contributed by atoms with E-state index in [1.165, 1.54) is 13.3 Å². The highest BCUT2D eigenvalue weighted by molar-refractivity contribution is 6.32. The lowest BCUT2D eigenvalue weighted by Crippen LogP contribution is -2.32. The molecule has 3 N–H and O–H groups in total. The third-order valence-corrected chi connectivity index (χ3v) is 2.17. The van der Waals surface area contributed by atoms with Crippen LogP contribution in [0.1, 0.15) is 6.42 Å². The number of ether oxygens (including phenoxy) is 1.